The normalized spacial score (nSPS) is 13.1. The Morgan fingerprint density at radius 2 is 1.78 bits per heavy atom. The molecular formula is C16H13NS. The van der Waals surface area contributed by atoms with Crippen LogP contribution in [-0.4, -0.2) is 0 Å². The van der Waals surface area contributed by atoms with Gasteiger partial charge < -0.3 is 0 Å². The minimum atomic E-state index is 0.723. The molecule has 1 nitrogen and oxygen atoms in total. The van der Waals surface area contributed by atoms with Gasteiger partial charge in [0.05, 0.1) is 11.6 Å². The molecule has 2 heteroatoms. The first-order valence-corrected chi connectivity index (χ1v) is 6.96. The highest BCUT2D eigenvalue weighted by molar-refractivity contribution is 7.99. The average molecular weight is 251 g/mol. The van der Waals surface area contributed by atoms with Crippen LogP contribution < -0.4 is 0 Å². The highest BCUT2D eigenvalue weighted by Gasteiger charge is 2.11. The van der Waals surface area contributed by atoms with Crippen molar-refractivity contribution in [3.8, 4) is 6.07 Å². The van der Waals surface area contributed by atoms with Crippen LogP contribution in [0.3, 0.4) is 0 Å². The molecule has 0 aliphatic heterocycles. The third-order valence-corrected chi connectivity index (χ3v) is 4.25. The Hall–Kier alpha value is -1.72. The Balaban J connectivity index is 1.86. The predicted molar refractivity (Wildman–Crippen MR) is 73.7 cm³/mol. The fourth-order valence-electron chi connectivity index (χ4n) is 2.38. The molecule has 0 saturated carbocycles. The molecule has 3 rings (SSSR count). The smallest absolute Gasteiger partial charge is 0.0992 e. The van der Waals surface area contributed by atoms with Gasteiger partial charge >= 0.3 is 0 Å². The molecule has 2 aromatic rings. The van der Waals surface area contributed by atoms with Gasteiger partial charge in [-0.3, -0.25) is 0 Å². The standard InChI is InChI=1S/C16H13NS/c17-11-12-3-1-6-15(9-12)18-16-8-7-13-4-2-5-14(13)10-16/h1,3,6-10H,2,4-5H2. The summed E-state index contributed by atoms with van der Waals surface area (Å²) in [5, 5.41) is 8.90. The lowest BCUT2D eigenvalue weighted by Gasteiger charge is -2.05. The van der Waals surface area contributed by atoms with E-state index >= 15 is 0 Å². The summed E-state index contributed by atoms with van der Waals surface area (Å²) in [6.07, 6.45) is 3.72. The van der Waals surface area contributed by atoms with Crippen molar-refractivity contribution >= 4 is 11.8 Å². The Morgan fingerprint density at radius 3 is 2.67 bits per heavy atom. The lowest BCUT2D eigenvalue weighted by Crippen LogP contribution is -1.83. The van der Waals surface area contributed by atoms with E-state index in [0.717, 1.165) is 10.5 Å². The first-order valence-electron chi connectivity index (χ1n) is 6.15. The van der Waals surface area contributed by atoms with Gasteiger partial charge in [0.15, 0.2) is 0 Å². The Labute approximate surface area is 111 Å². The molecule has 0 amide bonds. The van der Waals surface area contributed by atoms with Crippen LogP contribution in [-0.2, 0) is 12.8 Å². The first-order chi connectivity index (χ1) is 8.85. The maximum Gasteiger partial charge on any atom is 0.0992 e. The van der Waals surface area contributed by atoms with Crippen molar-refractivity contribution in [1.29, 1.82) is 5.26 Å². The number of aryl methyl sites for hydroxylation is 2. The summed E-state index contributed by atoms with van der Waals surface area (Å²) in [7, 11) is 0. The van der Waals surface area contributed by atoms with Gasteiger partial charge in [-0.05, 0) is 60.7 Å². The van der Waals surface area contributed by atoms with E-state index in [1.54, 1.807) is 11.8 Å². The highest BCUT2D eigenvalue weighted by Crippen LogP contribution is 2.32. The summed E-state index contributed by atoms with van der Waals surface area (Å²) >= 11 is 1.73. The summed E-state index contributed by atoms with van der Waals surface area (Å²) < 4.78 is 0. The molecule has 0 heterocycles. The Bertz CT molecular complexity index is 625. The van der Waals surface area contributed by atoms with Gasteiger partial charge in [-0.25, -0.2) is 0 Å². The molecule has 0 saturated heterocycles. The molecule has 18 heavy (non-hydrogen) atoms. The van der Waals surface area contributed by atoms with Gasteiger partial charge in [0.25, 0.3) is 0 Å². The van der Waals surface area contributed by atoms with Gasteiger partial charge in [0.2, 0.25) is 0 Å². The second-order valence-electron chi connectivity index (χ2n) is 4.53. The van der Waals surface area contributed by atoms with E-state index in [0.29, 0.717) is 0 Å². The molecule has 1 aliphatic carbocycles. The molecule has 0 aromatic heterocycles. The fourth-order valence-corrected chi connectivity index (χ4v) is 3.32. The topological polar surface area (TPSA) is 23.8 Å². The number of nitriles is 1. The van der Waals surface area contributed by atoms with E-state index in [1.165, 1.54) is 35.3 Å². The molecule has 2 aromatic carbocycles. The zero-order chi connectivity index (χ0) is 12.4. The van der Waals surface area contributed by atoms with Gasteiger partial charge in [-0.1, -0.05) is 23.9 Å². The lowest BCUT2D eigenvalue weighted by molar-refractivity contribution is 0.911. The van der Waals surface area contributed by atoms with Crippen molar-refractivity contribution in [2.24, 2.45) is 0 Å². The van der Waals surface area contributed by atoms with Crippen molar-refractivity contribution in [1.82, 2.24) is 0 Å². The van der Waals surface area contributed by atoms with Crippen LogP contribution in [0.2, 0.25) is 0 Å². The maximum absolute atomic E-state index is 8.90. The first kappa shape index (κ1) is 11.4. The average Bonchev–Trinajstić information content (AvgIpc) is 2.86. The SMILES string of the molecule is N#Cc1cccc(Sc2ccc3c(c2)CCC3)c1. The van der Waals surface area contributed by atoms with Crippen LogP contribution in [0.5, 0.6) is 0 Å². The summed E-state index contributed by atoms with van der Waals surface area (Å²) in [4.78, 5) is 2.40. The number of nitrogens with zero attached hydrogens (tertiary/aromatic N) is 1. The lowest BCUT2D eigenvalue weighted by atomic mass is 10.1. The summed E-state index contributed by atoms with van der Waals surface area (Å²) in [5.74, 6) is 0. The number of hydrogen-bond acceptors (Lipinski definition) is 2. The van der Waals surface area contributed by atoms with Crippen LogP contribution in [0.1, 0.15) is 23.1 Å². The van der Waals surface area contributed by atoms with E-state index in [4.69, 9.17) is 5.26 Å². The van der Waals surface area contributed by atoms with Crippen molar-refractivity contribution in [2.75, 3.05) is 0 Å². The third kappa shape index (κ3) is 2.27. The fraction of sp³-hybridized carbons (Fsp3) is 0.188. The third-order valence-electron chi connectivity index (χ3n) is 3.27. The highest BCUT2D eigenvalue weighted by atomic mass is 32.2. The largest absolute Gasteiger partial charge is 0.192 e. The number of fused-ring (bicyclic) bond motifs is 1. The van der Waals surface area contributed by atoms with Crippen LogP contribution in [0.15, 0.2) is 52.3 Å². The van der Waals surface area contributed by atoms with Gasteiger partial charge in [-0.2, -0.15) is 5.26 Å². The zero-order valence-electron chi connectivity index (χ0n) is 10.0. The molecule has 0 N–H and O–H groups in total. The molecular weight excluding hydrogens is 238 g/mol. The number of benzene rings is 2. The molecule has 0 unspecified atom stereocenters. The van der Waals surface area contributed by atoms with E-state index < -0.39 is 0 Å². The van der Waals surface area contributed by atoms with Crippen molar-refractivity contribution in [2.45, 2.75) is 29.1 Å². The van der Waals surface area contributed by atoms with E-state index in [1.807, 2.05) is 18.2 Å². The van der Waals surface area contributed by atoms with Crippen molar-refractivity contribution in [3.05, 3.63) is 59.2 Å². The number of hydrogen-bond donors (Lipinski definition) is 0. The Morgan fingerprint density at radius 1 is 0.944 bits per heavy atom. The molecule has 0 spiro atoms. The second-order valence-corrected chi connectivity index (χ2v) is 5.67. The van der Waals surface area contributed by atoms with Gasteiger partial charge in [0, 0.05) is 9.79 Å². The van der Waals surface area contributed by atoms with E-state index in [-0.39, 0.29) is 0 Å². The van der Waals surface area contributed by atoms with Crippen molar-refractivity contribution < 1.29 is 0 Å². The monoisotopic (exact) mass is 251 g/mol. The molecule has 88 valence electrons. The van der Waals surface area contributed by atoms with E-state index in [9.17, 15) is 0 Å². The molecule has 0 radical (unpaired) electrons. The summed E-state index contributed by atoms with van der Waals surface area (Å²) in [6.45, 7) is 0. The Kier molecular flexibility index (Phi) is 3.08. The molecule has 1 aliphatic rings. The van der Waals surface area contributed by atoms with Crippen LogP contribution in [0.25, 0.3) is 0 Å². The minimum Gasteiger partial charge on any atom is -0.192 e. The van der Waals surface area contributed by atoms with E-state index in [2.05, 4.69) is 30.3 Å². The maximum atomic E-state index is 8.90. The predicted octanol–water partition coefficient (Wildman–Crippen LogP) is 4.20. The quantitative estimate of drug-likeness (QED) is 0.798. The minimum absolute atomic E-state index is 0.723. The molecule has 0 fully saturated rings. The summed E-state index contributed by atoms with van der Waals surface area (Å²) in [5.41, 5.74) is 3.72. The number of rotatable bonds is 2. The summed E-state index contributed by atoms with van der Waals surface area (Å²) in [6, 6.07) is 16.7. The van der Waals surface area contributed by atoms with Crippen LogP contribution >= 0.6 is 11.8 Å². The van der Waals surface area contributed by atoms with Crippen LogP contribution in [0, 0.1) is 11.3 Å². The van der Waals surface area contributed by atoms with Gasteiger partial charge in [0.1, 0.15) is 0 Å². The van der Waals surface area contributed by atoms with Crippen LogP contribution in [0.4, 0.5) is 0 Å². The molecule has 0 atom stereocenters. The van der Waals surface area contributed by atoms with Crippen molar-refractivity contribution in [3.63, 3.8) is 0 Å². The van der Waals surface area contributed by atoms with Gasteiger partial charge in [-0.15, -0.1) is 0 Å². The zero-order valence-corrected chi connectivity index (χ0v) is 10.8. The molecule has 0 bridgehead atoms. The second kappa shape index (κ2) is 4.88.